The topological polar surface area (TPSA) is 41.6 Å². The zero-order valence-corrected chi connectivity index (χ0v) is 15.2. The maximum Gasteiger partial charge on any atom is 0.176 e. The lowest BCUT2D eigenvalue weighted by atomic mass is 9.83. The zero-order chi connectivity index (χ0) is 18.0. The lowest BCUT2D eigenvalue weighted by molar-refractivity contribution is -0.113. The van der Waals surface area contributed by atoms with Crippen LogP contribution in [0.25, 0.3) is 0 Å². The van der Waals surface area contributed by atoms with Crippen LogP contribution >= 0.6 is 0 Å². The van der Waals surface area contributed by atoms with Crippen molar-refractivity contribution in [1.82, 2.24) is 0 Å². The van der Waals surface area contributed by atoms with E-state index in [1.54, 1.807) is 13.2 Å². The molecule has 1 aliphatic rings. The van der Waals surface area contributed by atoms with Gasteiger partial charge in [-0.1, -0.05) is 44.2 Å². The number of nitrogens with one attached hydrogen (secondary N) is 1. The first-order valence-corrected chi connectivity index (χ1v) is 8.40. The molecule has 0 fully saturated rings. The molecule has 0 atom stereocenters. The summed E-state index contributed by atoms with van der Waals surface area (Å²) in [6.07, 6.45) is 1.75. The van der Waals surface area contributed by atoms with Crippen molar-refractivity contribution >= 4 is 17.2 Å². The van der Waals surface area contributed by atoms with E-state index in [1.807, 2.05) is 43.4 Å². The summed E-state index contributed by atoms with van der Waals surface area (Å²) >= 11 is 0. The van der Waals surface area contributed by atoms with Gasteiger partial charge in [-0.3, -0.25) is 4.79 Å². The lowest BCUT2D eigenvalue weighted by Gasteiger charge is -2.24. The SMILES string of the molecule is COc1ccccc1NCC(=O)C=C1N(C)c2ccccc2C1(C)C. The number of ether oxygens (including phenoxy) is 1. The van der Waals surface area contributed by atoms with Crippen LogP contribution in [-0.4, -0.2) is 26.5 Å². The highest BCUT2D eigenvalue weighted by Gasteiger charge is 2.38. The molecule has 0 unspecified atom stereocenters. The Balaban J connectivity index is 1.78. The second-order valence-corrected chi connectivity index (χ2v) is 6.75. The average Bonchev–Trinajstić information content (AvgIpc) is 2.81. The van der Waals surface area contributed by atoms with E-state index in [2.05, 4.69) is 36.2 Å². The summed E-state index contributed by atoms with van der Waals surface area (Å²) in [4.78, 5) is 14.7. The number of nitrogens with zero attached hydrogens (tertiary/aromatic N) is 1. The van der Waals surface area contributed by atoms with Crippen molar-refractivity contribution in [2.45, 2.75) is 19.3 Å². The van der Waals surface area contributed by atoms with Gasteiger partial charge in [0.25, 0.3) is 0 Å². The van der Waals surface area contributed by atoms with Crippen LogP contribution in [0, 0.1) is 0 Å². The standard InChI is InChI=1S/C21H24N2O2/c1-21(2)16-9-5-7-11-18(16)23(3)20(21)13-15(24)14-22-17-10-6-8-12-19(17)25-4/h5-13,22H,14H2,1-4H3. The van der Waals surface area contributed by atoms with Crippen molar-refractivity contribution in [3.8, 4) is 5.75 Å². The molecule has 0 amide bonds. The molecule has 130 valence electrons. The molecule has 0 saturated heterocycles. The Morgan fingerprint density at radius 3 is 2.56 bits per heavy atom. The molecule has 25 heavy (non-hydrogen) atoms. The van der Waals surface area contributed by atoms with Gasteiger partial charge in [-0.15, -0.1) is 0 Å². The van der Waals surface area contributed by atoms with Crippen molar-refractivity contribution in [3.05, 3.63) is 65.9 Å². The second kappa shape index (κ2) is 6.63. The van der Waals surface area contributed by atoms with Gasteiger partial charge in [0.1, 0.15) is 5.75 Å². The monoisotopic (exact) mass is 336 g/mol. The summed E-state index contributed by atoms with van der Waals surface area (Å²) in [5.74, 6) is 0.766. The van der Waals surface area contributed by atoms with E-state index in [0.717, 1.165) is 22.8 Å². The van der Waals surface area contributed by atoms with Crippen LogP contribution in [0.15, 0.2) is 60.3 Å². The molecular weight excluding hydrogens is 312 g/mol. The van der Waals surface area contributed by atoms with Gasteiger partial charge in [0.2, 0.25) is 0 Å². The van der Waals surface area contributed by atoms with E-state index in [4.69, 9.17) is 4.74 Å². The third-order valence-corrected chi connectivity index (χ3v) is 4.80. The molecule has 0 saturated carbocycles. The molecule has 1 aliphatic heterocycles. The third kappa shape index (κ3) is 3.12. The quantitative estimate of drug-likeness (QED) is 0.839. The Hall–Kier alpha value is -2.75. The van der Waals surface area contributed by atoms with Gasteiger partial charge in [0.05, 0.1) is 19.3 Å². The molecule has 2 aromatic rings. The smallest absolute Gasteiger partial charge is 0.176 e. The Morgan fingerprint density at radius 2 is 1.84 bits per heavy atom. The number of carbonyl (C=O) groups excluding carboxylic acids is 1. The van der Waals surface area contributed by atoms with Crippen molar-refractivity contribution < 1.29 is 9.53 Å². The first kappa shape index (κ1) is 17.1. The minimum Gasteiger partial charge on any atom is -0.495 e. The predicted molar refractivity (Wildman–Crippen MR) is 102 cm³/mol. The summed E-state index contributed by atoms with van der Waals surface area (Å²) in [5, 5.41) is 3.16. The second-order valence-electron chi connectivity index (χ2n) is 6.75. The molecule has 0 aliphatic carbocycles. The van der Waals surface area contributed by atoms with Crippen molar-refractivity contribution in [1.29, 1.82) is 0 Å². The van der Waals surface area contributed by atoms with Crippen LogP contribution in [0.2, 0.25) is 0 Å². The normalized spacial score (nSPS) is 16.6. The van der Waals surface area contributed by atoms with Crippen LogP contribution in [-0.2, 0) is 10.2 Å². The van der Waals surface area contributed by atoms with Crippen LogP contribution < -0.4 is 15.0 Å². The van der Waals surface area contributed by atoms with Crippen molar-refractivity contribution in [2.75, 3.05) is 30.9 Å². The maximum absolute atomic E-state index is 12.6. The van der Waals surface area contributed by atoms with Gasteiger partial charge in [0.15, 0.2) is 5.78 Å². The number of rotatable bonds is 5. The predicted octanol–water partition coefficient (Wildman–Crippen LogP) is 3.99. The van der Waals surface area contributed by atoms with E-state index in [0.29, 0.717) is 0 Å². The minimum atomic E-state index is -0.189. The van der Waals surface area contributed by atoms with Gasteiger partial charge >= 0.3 is 0 Å². The molecule has 4 nitrogen and oxygen atoms in total. The first-order chi connectivity index (χ1) is 11.9. The summed E-state index contributed by atoms with van der Waals surface area (Å²) < 4.78 is 5.31. The fourth-order valence-corrected chi connectivity index (χ4v) is 3.44. The lowest BCUT2D eigenvalue weighted by Crippen LogP contribution is -2.25. The number of para-hydroxylation sites is 3. The van der Waals surface area contributed by atoms with E-state index >= 15 is 0 Å². The fraction of sp³-hybridized carbons (Fsp3) is 0.286. The van der Waals surface area contributed by atoms with E-state index in [1.165, 1.54) is 5.56 Å². The summed E-state index contributed by atoms with van der Waals surface area (Å²) in [7, 11) is 3.64. The van der Waals surface area contributed by atoms with Gasteiger partial charge in [-0.05, 0) is 23.8 Å². The average molecular weight is 336 g/mol. The molecule has 0 bridgehead atoms. The molecule has 0 radical (unpaired) electrons. The highest BCUT2D eigenvalue weighted by Crippen LogP contribution is 2.46. The molecule has 4 heteroatoms. The Labute approximate surface area is 149 Å². The van der Waals surface area contributed by atoms with E-state index in [9.17, 15) is 4.79 Å². The fourth-order valence-electron chi connectivity index (χ4n) is 3.44. The van der Waals surface area contributed by atoms with Crippen LogP contribution in [0.4, 0.5) is 11.4 Å². The molecular formula is C21H24N2O2. The number of allylic oxidation sites excluding steroid dienone is 1. The van der Waals surface area contributed by atoms with E-state index in [-0.39, 0.29) is 17.7 Å². The Morgan fingerprint density at radius 1 is 1.16 bits per heavy atom. The van der Waals surface area contributed by atoms with Crippen LogP contribution in [0.3, 0.4) is 0 Å². The number of methoxy groups -OCH3 is 1. The van der Waals surface area contributed by atoms with Gasteiger partial charge in [-0.25, -0.2) is 0 Å². The van der Waals surface area contributed by atoms with Gasteiger partial charge in [0, 0.05) is 29.9 Å². The number of carbonyl (C=O) groups is 1. The molecule has 2 aromatic carbocycles. The largest absolute Gasteiger partial charge is 0.495 e. The number of ketones is 1. The summed E-state index contributed by atoms with van der Waals surface area (Å²) in [6, 6.07) is 15.9. The molecule has 0 spiro atoms. The molecule has 0 aromatic heterocycles. The minimum absolute atomic E-state index is 0.0358. The zero-order valence-electron chi connectivity index (χ0n) is 15.2. The third-order valence-electron chi connectivity index (χ3n) is 4.80. The van der Waals surface area contributed by atoms with Crippen LogP contribution in [0.1, 0.15) is 19.4 Å². The number of hydrogen-bond donors (Lipinski definition) is 1. The van der Waals surface area contributed by atoms with Crippen LogP contribution in [0.5, 0.6) is 5.75 Å². The van der Waals surface area contributed by atoms with Crippen molar-refractivity contribution in [3.63, 3.8) is 0 Å². The number of hydrogen-bond acceptors (Lipinski definition) is 4. The number of anilines is 2. The number of benzene rings is 2. The highest BCUT2D eigenvalue weighted by molar-refractivity contribution is 5.95. The van der Waals surface area contributed by atoms with Gasteiger partial charge < -0.3 is 15.0 Å². The molecule has 1 N–H and O–H groups in total. The van der Waals surface area contributed by atoms with Gasteiger partial charge in [-0.2, -0.15) is 0 Å². The molecule has 3 rings (SSSR count). The Kier molecular flexibility index (Phi) is 4.53. The van der Waals surface area contributed by atoms with E-state index < -0.39 is 0 Å². The molecule has 1 heterocycles. The highest BCUT2D eigenvalue weighted by atomic mass is 16.5. The van der Waals surface area contributed by atoms with Crippen molar-refractivity contribution in [2.24, 2.45) is 0 Å². The first-order valence-electron chi connectivity index (χ1n) is 8.40. The number of fused-ring (bicyclic) bond motifs is 1. The summed E-state index contributed by atoms with van der Waals surface area (Å²) in [6.45, 7) is 4.54. The Bertz CT molecular complexity index is 824. The summed E-state index contributed by atoms with van der Waals surface area (Å²) in [5.41, 5.74) is 4.05. The number of likely N-dealkylation sites (N-methyl/N-ethyl adjacent to an activating group) is 1. The maximum atomic E-state index is 12.6.